The first-order chi connectivity index (χ1) is 9.78. The van der Waals surface area contributed by atoms with E-state index in [0.717, 1.165) is 11.9 Å². The number of nitrogens with zero attached hydrogens (tertiary/aromatic N) is 1. The summed E-state index contributed by atoms with van der Waals surface area (Å²) in [5.74, 6) is -1.98. The van der Waals surface area contributed by atoms with Crippen LogP contribution in [0.4, 0.5) is 0 Å². The third kappa shape index (κ3) is 7.40. The highest BCUT2D eigenvalue weighted by molar-refractivity contribution is 7.90. The number of carboxylic acid groups (broad SMARTS) is 1. The second-order valence-electron chi connectivity index (χ2n) is 4.70. The van der Waals surface area contributed by atoms with Crippen molar-refractivity contribution in [3.05, 3.63) is 30.1 Å². The highest BCUT2D eigenvalue weighted by Gasteiger charge is 2.21. The number of amides is 1. The van der Waals surface area contributed by atoms with Crippen molar-refractivity contribution in [2.24, 2.45) is 0 Å². The Morgan fingerprint density at radius 2 is 2.10 bits per heavy atom. The molecule has 1 amide bonds. The van der Waals surface area contributed by atoms with Gasteiger partial charge in [0.25, 0.3) is 0 Å². The molecule has 0 saturated heterocycles. The van der Waals surface area contributed by atoms with Crippen LogP contribution < -0.4 is 5.32 Å². The number of carbonyl (C=O) groups excluding carboxylic acids is 1. The molecule has 0 aromatic carbocycles. The van der Waals surface area contributed by atoms with Crippen molar-refractivity contribution in [1.29, 1.82) is 0 Å². The Labute approximate surface area is 123 Å². The van der Waals surface area contributed by atoms with Gasteiger partial charge < -0.3 is 10.4 Å². The number of carboxylic acids is 1. The van der Waals surface area contributed by atoms with Crippen LogP contribution in [0, 0.1) is 0 Å². The second-order valence-corrected chi connectivity index (χ2v) is 6.96. The number of aryl methyl sites for hydroxylation is 1. The van der Waals surface area contributed by atoms with E-state index in [2.05, 4.69) is 10.3 Å². The lowest BCUT2D eigenvalue weighted by Gasteiger charge is -2.13. The van der Waals surface area contributed by atoms with E-state index in [0.29, 0.717) is 6.42 Å². The molecule has 0 aliphatic heterocycles. The molecule has 1 unspecified atom stereocenters. The Morgan fingerprint density at radius 1 is 1.38 bits per heavy atom. The molecule has 1 aromatic rings. The summed E-state index contributed by atoms with van der Waals surface area (Å²) in [7, 11) is -3.27. The molecule has 1 rings (SSSR count). The first-order valence-electron chi connectivity index (χ1n) is 6.38. The zero-order chi connectivity index (χ0) is 15.9. The first-order valence-corrected chi connectivity index (χ1v) is 8.44. The minimum atomic E-state index is -3.27. The number of nitrogens with one attached hydrogen (secondary N) is 1. The Hall–Kier alpha value is -1.96. The van der Waals surface area contributed by atoms with E-state index in [4.69, 9.17) is 5.11 Å². The van der Waals surface area contributed by atoms with Gasteiger partial charge in [-0.05, 0) is 25.0 Å². The van der Waals surface area contributed by atoms with E-state index in [1.807, 2.05) is 0 Å². The molecule has 0 saturated carbocycles. The van der Waals surface area contributed by atoms with Gasteiger partial charge in [-0.2, -0.15) is 0 Å². The maximum atomic E-state index is 11.7. The number of hydrogen-bond donors (Lipinski definition) is 2. The van der Waals surface area contributed by atoms with Gasteiger partial charge in [-0.3, -0.25) is 9.78 Å². The van der Waals surface area contributed by atoms with E-state index in [1.54, 1.807) is 24.4 Å². The van der Waals surface area contributed by atoms with Crippen molar-refractivity contribution < 1.29 is 23.1 Å². The summed E-state index contributed by atoms with van der Waals surface area (Å²) < 4.78 is 22.1. The van der Waals surface area contributed by atoms with Gasteiger partial charge in [0.05, 0.1) is 5.75 Å². The topological polar surface area (TPSA) is 113 Å². The van der Waals surface area contributed by atoms with Crippen molar-refractivity contribution in [2.75, 3.05) is 12.0 Å². The van der Waals surface area contributed by atoms with Gasteiger partial charge in [0, 0.05) is 24.6 Å². The van der Waals surface area contributed by atoms with Crippen molar-refractivity contribution >= 4 is 21.7 Å². The number of rotatable bonds is 8. The van der Waals surface area contributed by atoms with Crippen LogP contribution in [0.5, 0.6) is 0 Å². The summed E-state index contributed by atoms with van der Waals surface area (Å²) >= 11 is 0. The van der Waals surface area contributed by atoms with Crippen molar-refractivity contribution in [3.8, 4) is 0 Å². The molecule has 1 heterocycles. The predicted octanol–water partition coefficient (Wildman–Crippen LogP) is 0.0183. The third-order valence-electron chi connectivity index (χ3n) is 2.74. The summed E-state index contributed by atoms with van der Waals surface area (Å²) in [6.45, 7) is 0. The SMILES string of the molecule is CS(=O)(=O)CCC(NC(=O)CCc1ccccn1)C(=O)O. The molecule has 0 aliphatic rings. The summed E-state index contributed by atoms with van der Waals surface area (Å²) in [6, 6.07) is 4.13. The van der Waals surface area contributed by atoms with Gasteiger partial charge in [0.2, 0.25) is 5.91 Å². The molecule has 0 radical (unpaired) electrons. The van der Waals surface area contributed by atoms with Crippen LogP contribution in [-0.4, -0.2) is 48.4 Å². The fourth-order valence-electron chi connectivity index (χ4n) is 1.64. The quantitative estimate of drug-likeness (QED) is 0.699. The van der Waals surface area contributed by atoms with Gasteiger partial charge >= 0.3 is 5.97 Å². The van der Waals surface area contributed by atoms with Crippen molar-refractivity contribution in [2.45, 2.75) is 25.3 Å². The number of pyridine rings is 1. The molecule has 7 nitrogen and oxygen atoms in total. The van der Waals surface area contributed by atoms with Gasteiger partial charge in [-0.25, -0.2) is 13.2 Å². The largest absolute Gasteiger partial charge is 0.480 e. The first kappa shape index (κ1) is 17.1. The summed E-state index contributed by atoms with van der Waals surface area (Å²) in [6.07, 6.45) is 2.97. The molecule has 1 aromatic heterocycles. The van der Waals surface area contributed by atoms with Crippen LogP contribution in [0.2, 0.25) is 0 Å². The molecule has 0 fully saturated rings. The number of aliphatic carboxylic acids is 1. The highest BCUT2D eigenvalue weighted by Crippen LogP contribution is 2.01. The summed E-state index contributed by atoms with van der Waals surface area (Å²) in [5, 5.41) is 11.3. The molecule has 116 valence electrons. The zero-order valence-electron chi connectivity index (χ0n) is 11.7. The maximum Gasteiger partial charge on any atom is 0.326 e. The molecular weight excluding hydrogens is 296 g/mol. The number of aromatic nitrogens is 1. The molecule has 21 heavy (non-hydrogen) atoms. The zero-order valence-corrected chi connectivity index (χ0v) is 12.5. The maximum absolute atomic E-state index is 11.7. The average molecular weight is 314 g/mol. The standard InChI is InChI=1S/C13H18N2O5S/c1-21(19,20)9-7-11(13(17)18)15-12(16)6-5-10-4-2-3-8-14-10/h2-4,8,11H,5-7,9H2,1H3,(H,15,16)(H,17,18). The lowest BCUT2D eigenvalue weighted by Crippen LogP contribution is -2.42. The van der Waals surface area contributed by atoms with Crippen molar-refractivity contribution in [1.82, 2.24) is 10.3 Å². The third-order valence-corrected chi connectivity index (χ3v) is 3.72. The van der Waals surface area contributed by atoms with Crippen LogP contribution in [0.3, 0.4) is 0 Å². The smallest absolute Gasteiger partial charge is 0.326 e. The number of sulfone groups is 1. The van der Waals surface area contributed by atoms with E-state index in [9.17, 15) is 18.0 Å². The Kier molecular flexibility index (Phi) is 6.29. The van der Waals surface area contributed by atoms with Crippen LogP contribution in [0.25, 0.3) is 0 Å². The number of carbonyl (C=O) groups is 2. The van der Waals surface area contributed by atoms with Crippen LogP contribution in [0.15, 0.2) is 24.4 Å². The van der Waals surface area contributed by atoms with E-state index >= 15 is 0 Å². The molecule has 0 aliphatic carbocycles. The van der Waals surface area contributed by atoms with Crippen LogP contribution in [-0.2, 0) is 25.8 Å². The summed E-state index contributed by atoms with van der Waals surface area (Å²) in [5.41, 5.74) is 0.732. The molecule has 1 atom stereocenters. The monoisotopic (exact) mass is 314 g/mol. The fourth-order valence-corrected chi connectivity index (χ4v) is 2.31. The van der Waals surface area contributed by atoms with E-state index in [1.165, 1.54) is 0 Å². The molecular formula is C13H18N2O5S. The normalized spacial score (nSPS) is 12.6. The van der Waals surface area contributed by atoms with E-state index < -0.39 is 27.8 Å². The minimum absolute atomic E-state index is 0.0969. The predicted molar refractivity (Wildman–Crippen MR) is 76.5 cm³/mol. The molecule has 0 spiro atoms. The molecule has 0 bridgehead atoms. The Morgan fingerprint density at radius 3 is 2.62 bits per heavy atom. The van der Waals surface area contributed by atoms with Gasteiger partial charge in [-0.1, -0.05) is 6.07 Å². The second kappa shape index (κ2) is 7.72. The number of hydrogen-bond acceptors (Lipinski definition) is 5. The fraction of sp³-hybridized carbons (Fsp3) is 0.462. The average Bonchev–Trinajstić information content (AvgIpc) is 2.41. The minimum Gasteiger partial charge on any atom is -0.480 e. The Bertz CT molecular complexity index is 586. The van der Waals surface area contributed by atoms with E-state index in [-0.39, 0.29) is 18.6 Å². The van der Waals surface area contributed by atoms with Gasteiger partial charge in [-0.15, -0.1) is 0 Å². The lowest BCUT2D eigenvalue weighted by molar-refractivity contribution is -0.141. The molecule has 2 N–H and O–H groups in total. The lowest BCUT2D eigenvalue weighted by atomic mass is 10.2. The Balaban J connectivity index is 2.47. The van der Waals surface area contributed by atoms with Crippen LogP contribution >= 0.6 is 0 Å². The van der Waals surface area contributed by atoms with Gasteiger partial charge in [0.15, 0.2) is 0 Å². The van der Waals surface area contributed by atoms with Gasteiger partial charge in [0.1, 0.15) is 15.9 Å². The highest BCUT2D eigenvalue weighted by atomic mass is 32.2. The summed E-state index contributed by atoms with van der Waals surface area (Å²) in [4.78, 5) is 26.8. The molecule has 8 heteroatoms. The van der Waals surface area contributed by atoms with Crippen molar-refractivity contribution in [3.63, 3.8) is 0 Å². The van der Waals surface area contributed by atoms with Crippen LogP contribution in [0.1, 0.15) is 18.5 Å².